The first-order valence-corrected chi connectivity index (χ1v) is 27.5. The van der Waals surface area contributed by atoms with Crippen LogP contribution in [-0.4, -0.2) is 154 Å². The molecule has 0 spiro atoms. The molecule has 2 bridgehead atoms. The minimum absolute atomic E-state index is 0.0625. The topological polar surface area (TPSA) is 205 Å². The van der Waals surface area contributed by atoms with Crippen LogP contribution in [0.1, 0.15) is 95.0 Å². The van der Waals surface area contributed by atoms with Crippen LogP contribution in [0.2, 0.25) is 0 Å². The number of fused-ring (bicyclic) bond motifs is 2. The molecule has 18 nitrogen and oxygen atoms in total. The number of hydrogen-bond acceptors (Lipinski definition) is 13. The second-order valence-electron chi connectivity index (χ2n) is 23.1. The lowest BCUT2D eigenvalue weighted by Crippen LogP contribution is -2.63. The van der Waals surface area contributed by atoms with Gasteiger partial charge < -0.3 is 40.2 Å². The molecule has 454 valence electrons. The van der Waals surface area contributed by atoms with E-state index in [1.54, 1.807) is 30.5 Å². The van der Waals surface area contributed by atoms with Crippen LogP contribution in [0.15, 0.2) is 73.2 Å². The van der Waals surface area contributed by atoms with Gasteiger partial charge in [-0.3, -0.25) is 19.9 Å². The molecular weight excluding hydrogens is 1120 g/mol. The van der Waals surface area contributed by atoms with Gasteiger partial charge in [0, 0.05) is 72.9 Å². The first kappa shape index (κ1) is 61.4. The summed E-state index contributed by atoms with van der Waals surface area (Å²) in [5.41, 5.74) is -2.48. The SMILES string of the molecule is CC(C)(C(NC(=O)OC1CC1)C(=O)N[C@@H](Cc1ccc(C#Cc2ccc(N3CC4CCC(C3)N4C3COC3)nc2)cc1)[C@@H](O)CN(Cc1ccc(-c2cnn(C(F)F)c2)cc1F)NC(=O)[C@@H](NC(=O)OC1CC1)C(C)(C)C(F)(F)F)C(F)(F)F. The maximum atomic E-state index is 16.2. The number of alkyl halides is 8. The molecule has 2 aromatic carbocycles. The van der Waals surface area contributed by atoms with Crippen molar-refractivity contribution in [1.82, 2.24) is 46.0 Å². The predicted molar refractivity (Wildman–Crippen MR) is 284 cm³/mol. The van der Waals surface area contributed by atoms with Gasteiger partial charge in [0.25, 0.3) is 5.91 Å². The van der Waals surface area contributed by atoms with Crippen molar-refractivity contribution < 1.29 is 78.0 Å². The molecular formula is C57H65F9N10O8. The smallest absolute Gasteiger partial charge is 0.408 e. The highest BCUT2D eigenvalue weighted by Gasteiger charge is 2.58. The van der Waals surface area contributed by atoms with E-state index in [-0.39, 0.29) is 16.7 Å². The van der Waals surface area contributed by atoms with E-state index in [9.17, 15) is 59.4 Å². The Labute approximate surface area is 478 Å². The number of amides is 4. The Hall–Kier alpha value is -7.15. The van der Waals surface area contributed by atoms with Crippen molar-refractivity contribution in [1.29, 1.82) is 0 Å². The largest absolute Gasteiger partial charge is 0.446 e. The molecule has 2 aromatic heterocycles. The number of carbonyl (C=O) groups is 4. The number of nitrogens with one attached hydrogen (secondary N) is 4. The van der Waals surface area contributed by atoms with Crippen LogP contribution in [0.4, 0.5) is 54.9 Å². The number of nitrogens with zero attached hydrogens (tertiary/aromatic N) is 6. The van der Waals surface area contributed by atoms with Crippen molar-refractivity contribution in [3.05, 3.63) is 101 Å². The third-order valence-corrected chi connectivity index (χ3v) is 16.0. The number of alkyl carbamates (subject to hydrolysis) is 2. The van der Waals surface area contributed by atoms with Gasteiger partial charge >= 0.3 is 31.1 Å². The molecule has 4 amide bonds. The fourth-order valence-corrected chi connectivity index (χ4v) is 10.3. The van der Waals surface area contributed by atoms with Gasteiger partial charge in [0.2, 0.25) is 5.91 Å². The Morgan fingerprint density at radius 1 is 0.738 bits per heavy atom. The number of ether oxygens (including phenoxy) is 3. The molecule has 6 atom stereocenters. The standard InChI is InChI=1S/C57H65F9N10O8/c1-54(2,56(61,62)63)47(70-52(80)83-41-16-17-41)49(78)69-44(21-33-8-5-32(6-9-33)7-10-34-11-20-46(67-23-34)73-27-38-14-15-39(28-73)76(38)40-30-82-31-40)45(77)29-74(25-36-13-12-35(22-43(36)58)37-24-68-75(26-37)51(59)60)72-50(79)48(55(3,4)57(64,65)66)71-53(81)84-42-18-19-42/h5-6,8-9,11-13,20,22-24,26,38-42,44-45,47-48,51,77H,14-19,21,25,27-31H2,1-4H3,(H,69,78)(H,70,80)(H,71,81)(H,72,79)/t38?,39?,44-,45-,47?,48+/m0/s1. The molecule has 2 aliphatic carbocycles. The molecule has 0 radical (unpaired) electrons. The minimum atomic E-state index is -5.16. The number of aliphatic hydroxyl groups excluding tert-OH is 1. The molecule has 4 aromatic rings. The molecule has 3 saturated heterocycles. The highest BCUT2D eigenvalue weighted by atomic mass is 19.4. The van der Waals surface area contributed by atoms with E-state index in [2.05, 4.69) is 37.5 Å². The monoisotopic (exact) mass is 1190 g/mol. The van der Waals surface area contributed by atoms with Crippen LogP contribution in [0, 0.1) is 28.5 Å². The summed E-state index contributed by atoms with van der Waals surface area (Å²) in [4.78, 5) is 64.0. The van der Waals surface area contributed by atoms with Crippen LogP contribution in [0.5, 0.6) is 0 Å². The second kappa shape index (κ2) is 24.8. The number of rotatable bonds is 21. The number of benzene rings is 2. The fourth-order valence-electron chi connectivity index (χ4n) is 10.3. The zero-order valence-electron chi connectivity index (χ0n) is 46.3. The van der Waals surface area contributed by atoms with Gasteiger partial charge in [-0.1, -0.05) is 36.1 Å². The van der Waals surface area contributed by atoms with Crippen molar-refractivity contribution in [3.63, 3.8) is 0 Å². The van der Waals surface area contributed by atoms with Gasteiger partial charge in [-0.2, -0.15) is 40.2 Å². The molecule has 5 fully saturated rings. The number of aromatic nitrogens is 3. The van der Waals surface area contributed by atoms with Crippen molar-refractivity contribution in [2.75, 3.05) is 37.7 Å². The van der Waals surface area contributed by atoms with E-state index >= 15 is 4.39 Å². The summed E-state index contributed by atoms with van der Waals surface area (Å²) in [5, 5.41) is 23.0. The first-order chi connectivity index (χ1) is 39.6. The van der Waals surface area contributed by atoms with Crippen molar-refractivity contribution >= 4 is 29.8 Å². The number of piperazine rings is 1. The molecule has 9 rings (SSSR count). The van der Waals surface area contributed by atoms with E-state index in [1.165, 1.54) is 6.07 Å². The summed E-state index contributed by atoms with van der Waals surface area (Å²) in [7, 11) is 0. The Morgan fingerprint density at radius 3 is 1.81 bits per heavy atom. The number of carbonyl (C=O) groups excluding carboxylic acids is 4. The Bertz CT molecular complexity index is 3050. The highest BCUT2D eigenvalue weighted by molar-refractivity contribution is 5.87. The lowest BCUT2D eigenvalue weighted by Gasteiger charge is -2.47. The predicted octanol–water partition coefficient (Wildman–Crippen LogP) is 7.54. The number of halogens is 9. The first-order valence-electron chi connectivity index (χ1n) is 27.5. The van der Waals surface area contributed by atoms with E-state index in [0.717, 1.165) is 74.5 Å². The number of hydrazine groups is 1. The maximum absolute atomic E-state index is 16.2. The average Bonchev–Trinajstić information content (AvgIpc) is 2.65. The van der Waals surface area contributed by atoms with Gasteiger partial charge in [-0.15, -0.1) is 0 Å². The summed E-state index contributed by atoms with van der Waals surface area (Å²) >= 11 is 0. The van der Waals surface area contributed by atoms with E-state index < -0.39 is 115 Å². The minimum Gasteiger partial charge on any atom is -0.446 e. The van der Waals surface area contributed by atoms with Gasteiger partial charge in [-0.25, -0.2) is 28.7 Å². The van der Waals surface area contributed by atoms with E-state index in [0.29, 0.717) is 92.9 Å². The van der Waals surface area contributed by atoms with E-state index in [1.807, 2.05) is 22.8 Å². The average molecular weight is 1190 g/mol. The maximum Gasteiger partial charge on any atom is 0.408 e. The van der Waals surface area contributed by atoms with Gasteiger partial charge in [-0.05, 0) is 114 Å². The van der Waals surface area contributed by atoms with Crippen LogP contribution < -0.4 is 26.3 Å². The summed E-state index contributed by atoms with van der Waals surface area (Å²) < 4.78 is 147. The summed E-state index contributed by atoms with van der Waals surface area (Å²) in [5.74, 6) is 2.95. The van der Waals surface area contributed by atoms with Gasteiger partial charge in [0.15, 0.2) is 0 Å². The molecule has 5 heterocycles. The zero-order valence-corrected chi connectivity index (χ0v) is 46.3. The lowest BCUT2D eigenvalue weighted by molar-refractivity contribution is -0.221. The highest BCUT2D eigenvalue weighted by Crippen LogP contribution is 2.43. The quantitative estimate of drug-likeness (QED) is 0.0311. The Balaban J connectivity index is 0.987. The summed E-state index contributed by atoms with van der Waals surface area (Å²) in [6.45, 7) is 1.09. The molecule has 2 saturated carbocycles. The Morgan fingerprint density at radius 2 is 1.31 bits per heavy atom. The molecule has 3 aliphatic heterocycles. The second-order valence-corrected chi connectivity index (χ2v) is 23.1. The molecule has 3 unspecified atom stereocenters. The molecule has 5 N–H and O–H groups in total. The number of hydrogen-bond donors (Lipinski definition) is 5. The third kappa shape index (κ3) is 14.7. The summed E-state index contributed by atoms with van der Waals surface area (Å²) in [6, 6.07) is 8.28. The van der Waals surface area contributed by atoms with Crippen molar-refractivity contribution in [3.8, 4) is 23.0 Å². The van der Waals surface area contributed by atoms with Gasteiger partial charge in [0.1, 0.15) is 35.9 Å². The third-order valence-electron chi connectivity index (χ3n) is 16.0. The van der Waals surface area contributed by atoms with Crippen molar-refractivity contribution in [2.24, 2.45) is 10.8 Å². The number of pyridine rings is 1. The van der Waals surface area contributed by atoms with Crippen LogP contribution in [0.3, 0.4) is 0 Å². The van der Waals surface area contributed by atoms with Crippen LogP contribution in [-0.2, 0) is 36.8 Å². The van der Waals surface area contributed by atoms with Gasteiger partial charge in [0.05, 0.1) is 48.4 Å². The van der Waals surface area contributed by atoms with Crippen molar-refractivity contribution in [2.45, 2.75) is 153 Å². The lowest BCUT2D eigenvalue weighted by atomic mass is 9.82. The van der Waals surface area contributed by atoms with Crippen LogP contribution in [0.25, 0.3) is 11.1 Å². The zero-order chi connectivity index (χ0) is 60.5. The van der Waals surface area contributed by atoms with Crippen LogP contribution >= 0.6 is 0 Å². The summed E-state index contributed by atoms with van der Waals surface area (Å²) in [6.07, 6.45) is -8.95. The Kier molecular flexibility index (Phi) is 18.1. The fraction of sp³-hybridized carbons (Fsp3) is 0.544. The molecule has 84 heavy (non-hydrogen) atoms. The number of aliphatic hydroxyl groups is 1. The van der Waals surface area contributed by atoms with E-state index in [4.69, 9.17) is 19.2 Å². The number of anilines is 1. The molecule has 5 aliphatic rings. The normalized spacial score (nSPS) is 20.0. The molecule has 27 heteroatoms.